The standard InChI is InChI=1S/C13H18F3NO/c1-3-18-12-6-4-5-11(7-12)9-17-10(2)8-13(14,15)16/h4-7,10,17H,3,8-9H2,1-2H3. The molecule has 0 bridgehead atoms. The Kier molecular flexibility index (Phi) is 5.47. The molecule has 0 aliphatic rings. The summed E-state index contributed by atoms with van der Waals surface area (Å²) in [7, 11) is 0. The smallest absolute Gasteiger partial charge is 0.390 e. The second-order valence-electron chi connectivity index (χ2n) is 4.18. The Bertz CT molecular complexity index is 365. The average molecular weight is 261 g/mol. The summed E-state index contributed by atoms with van der Waals surface area (Å²) in [6.07, 6.45) is -4.95. The number of rotatable bonds is 6. The summed E-state index contributed by atoms with van der Waals surface area (Å²) in [6.45, 7) is 4.38. The first kappa shape index (κ1) is 14.8. The molecule has 1 unspecified atom stereocenters. The summed E-state index contributed by atoms with van der Waals surface area (Å²) in [5.41, 5.74) is 0.912. The van der Waals surface area contributed by atoms with Gasteiger partial charge in [0.25, 0.3) is 0 Å². The third-order valence-electron chi connectivity index (χ3n) is 2.40. The van der Waals surface area contributed by atoms with E-state index in [0.717, 1.165) is 11.3 Å². The summed E-state index contributed by atoms with van der Waals surface area (Å²) in [5.74, 6) is 0.736. The van der Waals surface area contributed by atoms with Gasteiger partial charge in [0.2, 0.25) is 0 Å². The molecule has 0 saturated heterocycles. The van der Waals surface area contributed by atoms with E-state index in [4.69, 9.17) is 4.74 Å². The molecule has 0 radical (unpaired) electrons. The first-order valence-electron chi connectivity index (χ1n) is 5.92. The third-order valence-corrected chi connectivity index (χ3v) is 2.40. The molecule has 0 aliphatic carbocycles. The van der Waals surface area contributed by atoms with E-state index < -0.39 is 18.6 Å². The quantitative estimate of drug-likeness (QED) is 0.846. The van der Waals surface area contributed by atoms with E-state index in [9.17, 15) is 13.2 Å². The number of halogens is 3. The van der Waals surface area contributed by atoms with E-state index in [1.807, 2.05) is 31.2 Å². The van der Waals surface area contributed by atoms with Crippen molar-refractivity contribution in [2.45, 2.75) is 39.0 Å². The maximum atomic E-state index is 12.1. The highest BCUT2D eigenvalue weighted by molar-refractivity contribution is 5.28. The highest BCUT2D eigenvalue weighted by Gasteiger charge is 2.29. The van der Waals surface area contributed by atoms with Crippen molar-refractivity contribution in [2.75, 3.05) is 6.61 Å². The summed E-state index contributed by atoms with van der Waals surface area (Å²) in [6, 6.07) is 6.75. The normalized spacial score (nSPS) is 13.4. The molecule has 0 saturated carbocycles. The van der Waals surface area contributed by atoms with Crippen molar-refractivity contribution < 1.29 is 17.9 Å². The molecule has 0 spiro atoms. The van der Waals surface area contributed by atoms with E-state index >= 15 is 0 Å². The van der Waals surface area contributed by atoms with Gasteiger partial charge in [0.15, 0.2) is 0 Å². The summed E-state index contributed by atoms with van der Waals surface area (Å²) in [4.78, 5) is 0. The lowest BCUT2D eigenvalue weighted by molar-refractivity contribution is -0.139. The van der Waals surface area contributed by atoms with Gasteiger partial charge in [-0.15, -0.1) is 0 Å². The van der Waals surface area contributed by atoms with Crippen molar-refractivity contribution in [2.24, 2.45) is 0 Å². The lowest BCUT2D eigenvalue weighted by Crippen LogP contribution is -2.30. The maximum absolute atomic E-state index is 12.1. The number of hydrogen-bond donors (Lipinski definition) is 1. The third kappa shape index (κ3) is 5.91. The molecule has 2 nitrogen and oxygen atoms in total. The van der Waals surface area contributed by atoms with Crippen LogP contribution in [0.1, 0.15) is 25.8 Å². The fraction of sp³-hybridized carbons (Fsp3) is 0.538. The van der Waals surface area contributed by atoms with Gasteiger partial charge < -0.3 is 10.1 Å². The number of alkyl halides is 3. The fourth-order valence-corrected chi connectivity index (χ4v) is 1.62. The summed E-state index contributed by atoms with van der Waals surface area (Å²) < 4.78 is 41.7. The van der Waals surface area contributed by atoms with E-state index in [1.54, 1.807) is 0 Å². The lowest BCUT2D eigenvalue weighted by Gasteiger charge is -2.16. The molecule has 1 rings (SSSR count). The van der Waals surface area contributed by atoms with Gasteiger partial charge >= 0.3 is 6.18 Å². The Morgan fingerprint density at radius 3 is 2.67 bits per heavy atom. The fourth-order valence-electron chi connectivity index (χ4n) is 1.62. The Hall–Kier alpha value is -1.23. The summed E-state index contributed by atoms with van der Waals surface area (Å²) >= 11 is 0. The minimum Gasteiger partial charge on any atom is -0.494 e. The predicted octanol–water partition coefficient (Wildman–Crippen LogP) is 3.52. The second kappa shape index (κ2) is 6.64. The Morgan fingerprint density at radius 1 is 1.33 bits per heavy atom. The molecule has 102 valence electrons. The van der Waals surface area contributed by atoms with Crippen LogP contribution in [-0.4, -0.2) is 18.8 Å². The molecule has 0 aliphatic heterocycles. The van der Waals surface area contributed by atoms with Crippen LogP contribution in [0.25, 0.3) is 0 Å². The van der Waals surface area contributed by atoms with E-state index in [-0.39, 0.29) is 0 Å². The van der Waals surface area contributed by atoms with Crippen molar-refractivity contribution in [1.29, 1.82) is 0 Å². The van der Waals surface area contributed by atoms with Gasteiger partial charge in [-0.2, -0.15) is 13.2 Å². The Labute approximate surface area is 105 Å². The molecule has 5 heteroatoms. The molecule has 18 heavy (non-hydrogen) atoms. The largest absolute Gasteiger partial charge is 0.494 e. The average Bonchev–Trinajstić information content (AvgIpc) is 2.25. The van der Waals surface area contributed by atoms with E-state index in [0.29, 0.717) is 13.2 Å². The number of benzene rings is 1. The van der Waals surface area contributed by atoms with Crippen molar-refractivity contribution >= 4 is 0 Å². The highest BCUT2D eigenvalue weighted by atomic mass is 19.4. The first-order valence-corrected chi connectivity index (χ1v) is 5.92. The van der Waals surface area contributed by atoms with Crippen LogP contribution in [0.2, 0.25) is 0 Å². The zero-order valence-corrected chi connectivity index (χ0v) is 10.6. The predicted molar refractivity (Wildman–Crippen MR) is 64.6 cm³/mol. The Balaban J connectivity index is 2.45. The van der Waals surface area contributed by atoms with E-state index in [2.05, 4.69) is 5.32 Å². The zero-order valence-electron chi connectivity index (χ0n) is 10.6. The van der Waals surface area contributed by atoms with Crippen LogP contribution in [0, 0.1) is 0 Å². The van der Waals surface area contributed by atoms with Gasteiger partial charge in [-0.3, -0.25) is 0 Å². The number of nitrogens with one attached hydrogen (secondary N) is 1. The molecule has 1 atom stereocenters. The van der Waals surface area contributed by atoms with Gasteiger partial charge in [0.1, 0.15) is 5.75 Å². The lowest BCUT2D eigenvalue weighted by atomic mass is 10.2. The van der Waals surface area contributed by atoms with Crippen molar-refractivity contribution in [1.82, 2.24) is 5.32 Å². The van der Waals surface area contributed by atoms with Gasteiger partial charge in [0.05, 0.1) is 13.0 Å². The van der Waals surface area contributed by atoms with Gasteiger partial charge in [-0.05, 0) is 31.5 Å². The molecule has 1 aromatic carbocycles. The van der Waals surface area contributed by atoms with Gasteiger partial charge in [0, 0.05) is 12.6 Å². The van der Waals surface area contributed by atoms with E-state index in [1.165, 1.54) is 6.92 Å². The topological polar surface area (TPSA) is 21.3 Å². The van der Waals surface area contributed by atoms with Crippen LogP contribution in [0.4, 0.5) is 13.2 Å². The van der Waals surface area contributed by atoms with Crippen molar-refractivity contribution in [3.05, 3.63) is 29.8 Å². The minimum absolute atomic E-state index is 0.401. The number of ether oxygens (including phenoxy) is 1. The van der Waals surface area contributed by atoms with Crippen LogP contribution in [-0.2, 0) is 6.54 Å². The molecule has 1 N–H and O–H groups in total. The van der Waals surface area contributed by atoms with Crippen LogP contribution in [0.5, 0.6) is 5.75 Å². The second-order valence-corrected chi connectivity index (χ2v) is 4.18. The number of hydrogen-bond acceptors (Lipinski definition) is 2. The minimum atomic E-state index is -4.13. The molecular weight excluding hydrogens is 243 g/mol. The monoisotopic (exact) mass is 261 g/mol. The van der Waals surface area contributed by atoms with Gasteiger partial charge in [-0.25, -0.2) is 0 Å². The first-order chi connectivity index (χ1) is 8.40. The molecule has 1 aromatic rings. The van der Waals surface area contributed by atoms with Crippen LogP contribution in [0.3, 0.4) is 0 Å². The molecule has 0 amide bonds. The van der Waals surface area contributed by atoms with Crippen molar-refractivity contribution in [3.8, 4) is 5.75 Å². The maximum Gasteiger partial charge on any atom is 0.390 e. The van der Waals surface area contributed by atoms with Crippen LogP contribution < -0.4 is 10.1 Å². The Morgan fingerprint density at radius 2 is 2.06 bits per heavy atom. The molecule has 0 heterocycles. The molecule has 0 aromatic heterocycles. The molecular formula is C13H18F3NO. The zero-order chi connectivity index (χ0) is 13.6. The van der Waals surface area contributed by atoms with Crippen molar-refractivity contribution in [3.63, 3.8) is 0 Å². The van der Waals surface area contributed by atoms with Crippen LogP contribution >= 0.6 is 0 Å². The summed E-state index contributed by atoms with van der Waals surface area (Å²) in [5, 5.41) is 2.85. The molecule has 0 fully saturated rings. The SMILES string of the molecule is CCOc1cccc(CNC(C)CC(F)(F)F)c1. The highest BCUT2D eigenvalue weighted by Crippen LogP contribution is 2.21. The van der Waals surface area contributed by atoms with Gasteiger partial charge in [-0.1, -0.05) is 12.1 Å². The van der Waals surface area contributed by atoms with Crippen LogP contribution in [0.15, 0.2) is 24.3 Å².